The first kappa shape index (κ1) is 88.1. The van der Waals surface area contributed by atoms with Crippen molar-refractivity contribution in [3.8, 4) is 0 Å². The number of hydrogen-bond donors (Lipinski definition) is 12. The van der Waals surface area contributed by atoms with Crippen LogP contribution < -0.4 is 5.32 Å². The summed E-state index contributed by atoms with van der Waals surface area (Å²) < 4.78 is 34.4. The van der Waals surface area contributed by atoms with Crippen molar-refractivity contribution in [2.24, 2.45) is 0 Å². The van der Waals surface area contributed by atoms with E-state index in [1.165, 1.54) is 64.2 Å². The van der Waals surface area contributed by atoms with Gasteiger partial charge in [-0.3, -0.25) is 4.79 Å². The lowest BCUT2D eigenvalue weighted by Crippen LogP contribution is -2.66. The van der Waals surface area contributed by atoms with Gasteiger partial charge in [0.05, 0.1) is 38.6 Å². The smallest absolute Gasteiger partial charge is 0.220 e. The van der Waals surface area contributed by atoms with E-state index in [2.05, 4.69) is 153 Å². The molecule has 1 amide bonds. The Morgan fingerprint density at radius 2 is 0.704 bits per heavy atom. The molecule has 3 heterocycles. The molecule has 3 rings (SSSR count). The molecule has 98 heavy (non-hydrogen) atoms. The standard InChI is InChI=1S/C79H131NO18/c1-3-5-7-9-11-13-15-17-19-20-21-22-23-24-25-26-27-28-29-30-31-32-33-34-35-36-37-38-39-40-41-42-43-45-47-49-51-53-55-57-67(85)80-62(63(84)56-54-52-50-48-46-44-18-16-14-12-10-8-6-4-2)61-93-77-73(91)70(88)75(65(59-82)95-77)98-79-74(92)71(89)76(66(60-83)96-79)97-78-72(90)69(87)68(86)64(58-81)94-78/h5,7,11,13,17,19,21-22,24-25,27-28,30-31,33-34,36-37,39-40,42-43,62-66,68-79,81-84,86-92H,3-4,6,8-10,12,14-16,18,20,23,26,29,32,35,38,41,44-61H2,1-2H3,(H,80,85)/b7-5-,13-11-,19-17-,22-21-,25-24-,28-27-,31-30-,34-33-,37-36-,40-39-,43-42-. The zero-order valence-electron chi connectivity index (χ0n) is 59.5. The number of ether oxygens (including phenoxy) is 6. The van der Waals surface area contributed by atoms with Crippen molar-refractivity contribution in [1.29, 1.82) is 0 Å². The molecule has 0 radical (unpaired) electrons. The van der Waals surface area contributed by atoms with E-state index in [-0.39, 0.29) is 18.9 Å². The first-order chi connectivity index (χ1) is 47.8. The van der Waals surface area contributed by atoms with Crippen LogP contribution >= 0.6 is 0 Å². The molecule has 0 aromatic rings. The maximum Gasteiger partial charge on any atom is 0.220 e. The molecular formula is C79H131NO18. The molecule has 0 spiro atoms. The molecule has 3 aliphatic rings. The van der Waals surface area contributed by atoms with Gasteiger partial charge in [-0.05, 0) is 96.3 Å². The van der Waals surface area contributed by atoms with E-state index >= 15 is 0 Å². The molecular weight excluding hydrogens is 1250 g/mol. The number of allylic oxidation sites excluding steroid dienone is 22. The van der Waals surface area contributed by atoms with Crippen molar-refractivity contribution >= 4 is 5.91 Å². The largest absolute Gasteiger partial charge is 0.394 e. The number of nitrogens with one attached hydrogen (secondary N) is 1. The molecule has 0 aromatic heterocycles. The SMILES string of the molecule is CC/C=C\C/C=C\C/C=C\C/C=C\C/C=C\C/C=C\C/C=C\C/C=C\C/C=C\C/C=C\C/C=C\CCCCCCCC(=O)NC(COC1OC(CO)C(OC2OC(CO)C(OC3OC(CO)C(O)C(O)C3O)C(O)C2O)C(O)C1O)C(O)CCCCCCCCCCCCCCCC. The van der Waals surface area contributed by atoms with Gasteiger partial charge in [-0.2, -0.15) is 0 Å². The van der Waals surface area contributed by atoms with Crippen LogP contribution in [-0.2, 0) is 33.2 Å². The van der Waals surface area contributed by atoms with Gasteiger partial charge < -0.3 is 89.9 Å². The number of carbonyl (C=O) groups is 1. The van der Waals surface area contributed by atoms with Gasteiger partial charge in [0.15, 0.2) is 18.9 Å². The van der Waals surface area contributed by atoms with Crippen LogP contribution in [0.5, 0.6) is 0 Å². The van der Waals surface area contributed by atoms with Gasteiger partial charge >= 0.3 is 0 Å². The molecule has 17 atom stereocenters. The summed E-state index contributed by atoms with van der Waals surface area (Å²) in [6.07, 6.45) is 55.3. The zero-order valence-corrected chi connectivity index (χ0v) is 59.5. The molecule has 3 saturated heterocycles. The fourth-order valence-corrected chi connectivity index (χ4v) is 11.7. The van der Waals surface area contributed by atoms with Crippen molar-refractivity contribution in [1.82, 2.24) is 5.32 Å². The van der Waals surface area contributed by atoms with Crippen molar-refractivity contribution in [3.05, 3.63) is 134 Å². The number of unbranched alkanes of at least 4 members (excludes halogenated alkanes) is 18. The quantitative estimate of drug-likeness (QED) is 0.0199. The Bertz CT molecular complexity index is 2290. The van der Waals surface area contributed by atoms with Crippen LogP contribution in [0.2, 0.25) is 0 Å². The summed E-state index contributed by atoms with van der Waals surface area (Å²) in [4.78, 5) is 13.4. The van der Waals surface area contributed by atoms with E-state index in [0.29, 0.717) is 12.8 Å². The molecule has 0 saturated carbocycles. The summed E-state index contributed by atoms with van der Waals surface area (Å²) in [6, 6.07) is -0.907. The second kappa shape index (κ2) is 58.4. The molecule has 12 N–H and O–H groups in total. The third-order valence-corrected chi connectivity index (χ3v) is 17.7. The molecule has 0 aliphatic carbocycles. The highest BCUT2D eigenvalue weighted by Gasteiger charge is 2.53. The van der Waals surface area contributed by atoms with E-state index in [0.717, 1.165) is 128 Å². The number of amides is 1. The predicted molar refractivity (Wildman–Crippen MR) is 387 cm³/mol. The van der Waals surface area contributed by atoms with Crippen molar-refractivity contribution in [2.45, 2.75) is 330 Å². The Labute approximate surface area is 588 Å². The van der Waals surface area contributed by atoms with Crippen molar-refractivity contribution < 1.29 is 89.4 Å². The molecule has 560 valence electrons. The van der Waals surface area contributed by atoms with Crippen LogP contribution in [0, 0.1) is 0 Å². The van der Waals surface area contributed by atoms with Crippen molar-refractivity contribution in [3.63, 3.8) is 0 Å². The molecule has 19 nitrogen and oxygen atoms in total. The predicted octanol–water partition coefficient (Wildman–Crippen LogP) is 11.3. The summed E-state index contributed by atoms with van der Waals surface area (Å²) in [7, 11) is 0. The molecule has 3 aliphatic heterocycles. The van der Waals surface area contributed by atoms with Gasteiger partial charge in [0.1, 0.15) is 73.2 Å². The number of carbonyl (C=O) groups excluding carboxylic acids is 1. The van der Waals surface area contributed by atoms with Gasteiger partial charge in [-0.1, -0.05) is 257 Å². The average Bonchev–Trinajstić information content (AvgIpc) is 0.785. The van der Waals surface area contributed by atoms with Gasteiger partial charge in [-0.15, -0.1) is 0 Å². The number of aliphatic hydroxyl groups is 11. The highest BCUT2D eigenvalue weighted by molar-refractivity contribution is 5.76. The van der Waals surface area contributed by atoms with Crippen LogP contribution in [-0.4, -0.2) is 193 Å². The monoisotopic (exact) mass is 1380 g/mol. The Balaban J connectivity index is 1.36. The Morgan fingerprint density at radius 1 is 0.378 bits per heavy atom. The fourth-order valence-electron chi connectivity index (χ4n) is 11.7. The van der Waals surface area contributed by atoms with Crippen LogP contribution in [0.25, 0.3) is 0 Å². The normalized spacial score (nSPS) is 27.5. The minimum atomic E-state index is -1.98. The van der Waals surface area contributed by atoms with Crippen LogP contribution in [0.15, 0.2) is 134 Å². The first-order valence-electron chi connectivity index (χ1n) is 37.4. The third kappa shape index (κ3) is 38.8. The summed E-state index contributed by atoms with van der Waals surface area (Å²) in [5.41, 5.74) is 0. The zero-order chi connectivity index (χ0) is 71.1. The molecule has 17 unspecified atom stereocenters. The van der Waals surface area contributed by atoms with E-state index < -0.39 is 124 Å². The highest BCUT2D eigenvalue weighted by Crippen LogP contribution is 2.33. The van der Waals surface area contributed by atoms with Gasteiger partial charge in [0.25, 0.3) is 0 Å². The lowest BCUT2D eigenvalue weighted by Gasteiger charge is -2.48. The minimum absolute atomic E-state index is 0.235. The Morgan fingerprint density at radius 3 is 1.10 bits per heavy atom. The summed E-state index contributed by atoms with van der Waals surface area (Å²) in [5, 5.41) is 121. The Hall–Kier alpha value is -4.07. The highest BCUT2D eigenvalue weighted by atomic mass is 16.8. The van der Waals surface area contributed by atoms with Gasteiger partial charge in [-0.25, -0.2) is 0 Å². The molecule has 0 bridgehead atoms. The van der Waals surface area contributed by atoms with Crippen molar-refractivity contribution in [2.75, 3.05) is 26.4 Å². The summed E-state index contributed by atoms with van der Waals surface area (Å²) >= 11 is 0. The fraction of sp³-hybridized carbons (Fsp3) is 0.709. The summed E-state index contributed by atoms with van der Waals surface area (Å²) in [6.45, 7) is 1.65. The average molecular weight is 1380 g/mol. The van der Waals surface area contributed by atoms with Gasteiger partial charge in [0.2, 0.25) is 5.91 Å². The van der Waals surface area contributed by atoms with Crippen LogP contribution in [0.3, 0.4) is 0 Å². The topological polar surface area (TPSA) is 307 Å². The maximum absolute atomic E-state index is 13.4. The molecule has 3 fully saturated rings. The van der Waals surface area contributed by atoms with E-state index in [4.69, 9.17) is 28.4 Å². The lowest BCUT2D eigenvalue weighted by atomic mass is 9.96. The van der Waals surface area contributed by atoms with Crippen LogP contribution in [0.1, 0.15) is 226 Å². The number of hydrogen-bond acceptors (Lipinski definition) is 18. The first-order valence-corrected chi connectivity index (χ1v) is 37.4. The molecule has 0 aromatic carbocycles. The number of rotatable bonds is 56. The minimum Gasteiger partial charge on any atom is -0.394 e. The summed E-state index contributed by atoms with van der Waals surface area (Å²) in [5.74, 6) is -0.267. The second-order valence-electron chi connectivity index (χ2n) is 26.0. The molecule has 19 heteroatoms. The Kier molecular flexibility index (Phi) is 52.6. The van der Waals surface area contributed by atoms with Crippen LogP contribution in [0.4, 0.5) is 0 Å². The third-order valence-electron chi connectivity index (χ3n) is 17.7. The van der Waals surface area contributed by atoms with Gasteiger partial charge in [0, 0.05) is 6.42 Å². The van der Waals surface area contributed by atoms with E-state index in [1.54, 1.807) is 0 Å². The van der Waals surface area contributed by atoms with E-state index in [9.17, 15) is 61.0 Å². The van der Waals surface area contributed by atoms with E-state index in [1.807, 2.05) is 0 Å². The second-order valence-corrected chi connectivity index (χ2v) is 26.0. The number of aliphatic hydroxyl groups excluding tert-OH is 11. The lowest BCUT2D eigenvalue weighted by molar-refractivity contribution is -0.379. The maximum atomic E-state index is 13.4.